The highest BCUT2D eigenvalue weighted by Gasteiger charge is 2.18. The Hall–Kier alpha value is -0.440. The monoisotopic (exact) mass is 262 g/mol. The van der Waals surface area contributed by atoms with Gasteiger partial charge >= 0.3 is 0 Å². The SMILES string of the molecule is CNC(C)CN1CCc2ccccc21.Cl.Cl. The molecule has 0 spiro atoms. The number of halogens is 2. The summed E-state index contributed by atoms with van der Waals surface area (Å²) < 4.78 is 0. The van der Waals surface area contributed by atoms with Crippen LogP contribution in [0.5, 0.6) is 0 Å². The van der Waals surface area contributed by atoms with E-state index in [0.29, 0.717) is 6.04 Å². The van der Waals surface area contributed by atoms with Crippen molar-refractivity contribution in [3.63, 3.8) is 0 Å². The van der Waals surface area contributed by atoms with Crippen molar-refractivity contribution in [2.75, 3.05) is 25.0 Å². The van der Waals surface area contributed by atoms with Crippen LogP contribution in [-0.4, -0.2) is 26.2 Å². The zero-order chi connectivity index (χ0) is 9.97. The Morgan fingerprint density at radius 2 is 2.00 bits per heavy atom. The van der Waals surface area contributed by atoms with Gasteiger partial charge in [-0.15, -0.1) is 24.8 Å². The number of para-hydroxylation sites is 1. The van der Waals surface area contributed by atoms with E-state index in [2.05, 4.69) is 41.4 Å². The van der Waals surface area contributed by atoms with Gasteiger partial charge in [0, 0.05) is 24.8 Å². The van der Waals surface area contributed by atoms with Crippen molar-refractivity contribution < 1.29 is 0 Å². The van der Waals surface area contributed by atoms with Gasteiger partial charge in [-0.1, -0.05) is 18.2 Å². The molecular weight excluding hydrogens is 243 g/mol. The third-order valence-corrected chi connectivity index (χ3v) is 2.97. The average molecular weight is 263 g/mol. The Morgan fingerprint density at radius 1 is 1.31 bits per heavy atom. The van der Waals surface area contributed by atoms with E-state index in [0.717, 1.165) is 6.54 Å². The summed E-state index contributed by atoms with van der Waals surface area (Å²) in [5, 5.41) is 3.28. The Labute approximate surface area is 110 Å². The van der Waals surface area contributed by atoms with Gasteiger partial charge < -0.3 is 10.2 Å². The van der Waals surface area contributed by atoms with Crippen molar-refractivity contribution in [2.45, 2.75) is 19.4 Å². The minimum absolute atomic E-state index is 0. The lowest BCUT2D eigenvalue weighted by atomic mass is 10.2. The normalized spacial score (nSPS) is 14.8. The van der Waals surface area contributed by atoms with Crippen LogP contribution < -0.4 is 10.2 Å². The fourth-order valence-corrected chi connectivity index (χ4v) is 2.02. The first-order valence-corrected chi connectivity index (χ1v) is 5.31. The van der Waals surface area contributed by atoms with E-state index < -0.39 is 0 Å². The lowest BCUT2D eigenvalue weighted by molar-refractivity contribution is 0.594. The molecule has 0 aliphatic carbocycles. The molecule has 0 amide bonds. The third kappa shape index (κ3) is 3.27. The molecule has 1 aromatic rings. The molecule has 0 bridgehead atoms. The number of anilines is 1. The van der Waals surface area contributed by atoms with Crippen LogP contribution in [0, 0.1) is 0 Å². The molecule has 1 unspecified atom stereocenters. The first-order valence-electron chi connectivity index (χ1n) is 5.31. The van der Waals surface area contributed by atoms with E-state index in [-0.39, 0.29) is 24.8 Å². The van der Waals surface area contributed by atoms with Crippen LogP contribution in [0.3, 0.4) is 0 Å². The van der Waals surface area contributed by atoms with Gasteiger partial charge in [-0.2, -0.15) is 0 Å². The number of nitrogens with zero attached hydrogens (tertiary/aromatic N) is 1. The van der Waals surface area contributed by atoms with E-state index in [1.165, 1.54) is 24.2 Å². The van der Waals surface area contributed by atoms with E-state index in [1.54, 1.807) is 0 Å². The predicted octanol–water partition coefficient (Wildman–Crippen LogP) is 2.50. The van der Waals surface area contributed by atoms with E-state index >= 15 is 0 Å². The zero-order valence-corrected chi connectivity index (χ0v) is 11.4. The summed E-state index contributed by atoms with van der Waals surface area (Å²) in [5.74, 6) is 0. The quantitative estimate of drug-likeness (QED) is 0.901. The highest BCUT2D eigenvalue weighted by Crippen LogP contribution is 2.27. The minimum atomic E-state index is 0. The van der Waals surface area contributed by atoms with Crippen LogP contribution in [0.1, 0.15) is 12.5 Å². The second-order valence-corrected chi connectivity index (χ2v) is 4.01. The number of likely N-dealkylation sites (N-methyl/N-ethyl adjacent to an activating group) is 1. The van der Waals surface area contributed by atoms with Crippen LogP contribution in [-0.2, 0) is 6.42 Å². The molecule has 0 saturated carbocycles. The molecule has 1 aliphatic rings. The van der Waals surface area contributed by atoms with Gasteiger partial charge in [-0.25, -0.2) is 0 Å². The van der Waals surface area contributed by atoms with E-state index in [1.807, 2.05) is 7.05 Å². The largest absolute Gasteiger partial charge is 0.369 e. The molecule has 0 saturated heterocycles. The number of hydrogen-bond donors (Lipinski definition) is 1. The number of rotatable bonds is 3. The summed E-state index contributed by atoms with van der Waals surface area (Å²) in [6.07, 6.45) is 1.20. The minimum Gasteiger partial charge on any atom is -0.369 e. The van der Waals surface area contributed by atoms with Gasteiger partial charge in [0.15, 0.2) is 0 Å². The molecule has 2 rings (SSSR count). The molecular formula is C12H20Cl2N2. The first kappa shape index (κ1) is 15.6. The van der Waals surface area contributed by atoms with Gasteiger partial charge in [0.25, 0.3) is 0 Å². The summed E-state index contributed by atoms with van der Waals surface area (Å²) in [7, 11) is 2.02. The maximum Gasteiger partial charge on any atom is 0.0400 e. The summed E-state index contributed by atoms with van der Waals surface area (Å²) in [5.41, 5.74) is 2.92. The molecule has 16 heavy (non-hydrogen) atoms. The Bertz CT molecular complexity index is 318. The number of benzene rings is 1. The molecule has 1 N–H and O–H groups in total. The molecule has 0 aromatic heterocycles. The van der Waals surface area contributed by atoms with Crippen molar-refractivity contribution in [2.24, 2.45) is 0 Å². The lowest BCUT2D eigenvalue weighted by Gasteiger charge is -2.23. The highest BCUT2D eigenvalue weighted by molar-refractivity contribution is 5.85. The summed E-state index contributed by atoms with van der Waals surface area (Å²) in [6.45, 7) is 4.50. The standard InChI is InChI=1S/C12H18N2.2ClH/c1-10(13-2)9-14-8-7-11-5-3-4-6-12(11)14;;/h3-6,10,13H,7-9H2,1-2H3;2*1H. The van der Waals surface area contributed by atoms with Gasteiger partial charge in [0.05, 0.1) is 0 Å². The molecule has 0 radical (unpaired) electrons. The van der Waals surface area contributed by atoms with Gasteiger partial charge in [-0.3, -0.25) is 0 Å². The fourth-order valence-electron chi connectivity index (χ4n) is 2.02. The molecule has 2 nitrogen and oxygen atoms in total. The predicted molar refractivity (Wildman–Crippen MR) is 75.4 cm³/mol. The highest BCUT2D eigenvalue weighted by atomic mass is 35.5. The van der Waals surface area contributed by atoms with Crippen molar-refractivity contribution in [3.05, 3.63) is 29.8 Å². The van der Waals surface area contributed by atoms with Gasteiger partial charge in [0.2, 0.25) is 0 Å². The molecule has 0 fully saturated rings. The topological polar surface area (TPSA) is 15.3 Å². The van der Waals surface area contributed by atoms with Crippen molar-refractivity contribution in [1.82, 2.24) is 5.32 Å². The second-order valence-electron chi connectivity index (χ2n) is 4.01. The van der Waals surface area contributed by atoms with E-state index in [9.17, 15) is 0 Å². The molecule has 1 heterocycles. The number of hydrogen-bond acceptors (Lipinski definition) is 2. The molecule has 4 heteroatoms. The zero-order valence-electron chi connectivity index (χ0n) is 9.77. The van der Waals surface area contributed by atoms with Gasteiger partial charge in [0.1, 0.15) is 0 Å². The average Bonchev–Trinajstić information content (AvgIpc) is 2.62. The Kier molecular flexibility index (Phi) is 6.81. The molecule has 1 aromatic carbocycles. The smallest absolute Gasteiger partial charge is 0.0400 e. The summed E-state index contributed by atoms with van der Waals surface area (Å²) >= 11 is 0. The number of fused-ring (bicyclic) bond motifs is 1. The maximum absolute atomic E-state index is 3.28. The van der Waals surface area contributed by atoms with Crippen LogP contribution in [0.2, 0.25) is 0 Å². The van der Waals surface area contributed by atoms with Crippen LogP contribution in [0.15, 0.2) is 24.3 Å². The molecule has 1 aliphatic heterocycles. The maximum atomic E-state index is 3.28. The van der Waals surface area contributed by atoms with Crippen molar-refractivity contribution in [3.8, 4) is 0 Å². The summed E-state index contributed by atoms with van der Waals surface area (Å²) in [4.78, 5) is 2.47. The number of nitrogens with one attached hydrogen (secondary N) is 1. The summed E-state index contributed by atoms with van der Waals surface area (Å²) in [6, 6.07) is 9.27. The van der Waals surface area contributed by atoms with Crippen molar-refractivity contribution >= 4 is 30.5 Å². The first-order chi connectivity index (χ1) is 6.81. The van der Waals surface area contributed by atoms with E-state index in [4.69, 9.17) is 0 Å². The van der Waals surface area contributed by atoms with Crippen molar-refractivity contribution in [1.29, 1.82) is 0 Å². The Morgan fingerprint density at radius 3 is 2.69 bits per heavy atom. The Balaban J connectivity index is 0.00000112. The lowest BCUT2D eigenvalue weighted by Crippen LogP contribution is -2.36. The van der Waals surface area contributed by atoms with Crippen LogP contribution in [0.4, 0.5) is 5.69 Å². The fraction of sp³-hybridized carbons (Fsp3) is 0.500. The second kappa shape index (κ2) is 7.00. The van der Waals surface area contributed by atoms with Crippen LogP contribution in [0.25, 0.3) is 0 Å². The molecule has 92 valence electrons. The third-order valence-electron chi connectivity index (χ3n) is 2.97. The van der Waals surface area contributed by atoms with Gasteiger partial charge in [-0.05, 0) is 32.0 Å². The molecule has 1 atom stereocenters. The van der Waals surface area contributed by atoms with Crippen LogP contribution >= 0.6 is 24.8 Å².